The molecule has 0 aliphatic carbocycles. The minimum absolute atomic E-state index is 0.228. The van der Waals surface area contributed by atoms with Gasteiger partial charge in [0.05, 0.1) is 13.2 Å². The number of carbonyl (C=O) groups is 2. The predicted octanol–water partition coefficient (Wildman–Crippen LogP) is 2.05. The lowest BCUT2D eigenvalue weighted by atomic mass is 10.1. The SMILES string of the molecule is CCOCCN1C(=O)C2C(N=C3N(c4ccccc4)C(C)=C(C)N32)N(C)C1=O. The van der Waals surface area contributed by atoms with Crippen LogP contribution in [0.1, 0.15) is 20.8 Å². The fraction of sp³-hybridized carbons (Fsp3) is 0.450. The molecule has 0 N–H and O–H groups in total. The van der Waals surface area contributed by atoms with Crippen LogP contribution in [0.2, 0.25) is 0 Å². The lowest BCUT2D eigenvalue weighted by Gasteiger charge is -2.40. The van der Waals surface area contributed by atoms with Crippen LogP contribution in [0, 0.1) is 0 Å². The van der Waals surface area contributed by atoms with Gasteiger partial charge in [0.15, 0.2) is 12.2 Å². The zero-order valence-corrected chi connectivity index (χ0v) is 16.6. The van der Waals surface area contributed by atoms with Gasteiger partial charge in [-0.05, 0) is 32.9 Å². The monoisotopic (exact) mass is 383 g/mol. The molecule has 0 bridgehead atoms. The Hall–Kier alpha value is -2.87. The number of hydrogen-bond donors (Lipinski definition) is 0. The molecule has 0 radical (unpaired) electrons. The number of nitrogens with zero attached hydrogens (tertiary/aromatic N) is 5. The number of para-hydroxylation sites is 1. The first kappa shape index (κ1) is 18.5. The van der Waals surface area contributed by atoms with Crippen molar-refractivity contribution in [2.24, 2.45) is 4.99 Å². The Morgan fingerprint density at radius 2 is 1.82 bits per heavy atom. The van der Waals surface area contributed by atoms with Gasteiger partial charge in [-0.2, -0.15) is 0 Å². The molecule has 4 rings (SSSR count). The van der Waals surface area contributed by atoms with Gasteiger partial charge in [0.25, 0.3) is 5.91 Å². The van der Waals surface area contributed by atoms with Gasteiger partial charge in [0, 0.05) is 30.7 Å². The summed E-state index contributed by atoms with van der Waals surface area (Å²) in [7, 11) is 1.70. The van der Waals surface area contributed by atoms with E-state index in [-0.39, 0.29) is 18.5 Å². The molecule has 0 aromatic heterocycles. The number of aliphatic imine (C=N–C) groups is 1. The number of imide groups is 1. The predicted molar refractivity (Wildman–Crippen MR) is 106 cm³/mol. The average Bonchev–Trinajstić information content (AvgIpc) is 3.19. The summed E-state index contributed by atoms with van der Waals surface area (Å²) in [5.74, 6) is 0.462. The van der Waals surface area contributed by atoms with Crippen LogP contribution >= 0.6 is 0 Å². The Morgan fingerprint density at radius 3 is 2.50 bits per heavy atom. The molecule has 1 aromatic carbocycles. The molecule has 3 aliphatic rings. The van der Waals surface area contributed by atoms with Crippen LogP contribution in [0.5, 0.6) is 0 Å². The first-order valence-corrected chi connectivity index (χ1v) is 9.53. The molecule has 8 heteroatoms. The third-order valence-corrected chi connectivity index (χ3v) is 5.57. The van der Waals surface area contributed by atoms with Crippen molar-refractivity contribution >= 4 is 23.6 Å². The number of guanidine groups is 1. The quantitative estimate of drug-likeness (QED) is 0.728. The second-order valence-corrected chi connectivity index (χ2v) is 7.08. The summed E-state index contributed by atoms with van der Waals surface area (Å²) in [4.78, 5) is 37.7. The van der Waals surface area contributed by atoms with E-state index < -0.39 is 12.2 Å². The minimum atomic E-state index is -0.553. The lowest BCUT2D eigenvalue weighted by Crippen LogP contribution is -2.65. The van der Waals surface area contributed by atoms with Crippen LogP contribution in [0.25, 0.3) is 0 Å². The topological polar surface area (TPSA) is 68.7 Å². The number of allylic oxidation sites excluding steroid dienone is 2. The van der Waals surface area contributed by atoms with Crippen molar-refractivity contribution in [3.05, 3.63) is 41.7 Å². The van der Waals surface area contributed by atoms with E-state index in [0.29, 0.717) is 19.2 Å². The lowest BCUT2D eigenvalue weighted by molar-refractivity contribution is -0.137. The van der Waals surface area contributed by atoms with Crippen molar-refractivity contribution in [3.8, 4) is 0 Å². The molecule has 8 nitrogen and oxygen atoms in total. The van der Waals surface area contributed by atoms with Gasteiger partial charge in [-0.1, -0.05) is 18.2 Å². The zero-order valence-electron chi connectivity index (χ0n) is 16.6. The highest BCUT2D eigenvalue weighted by atomic mass is 16.5. The molecule has 148 valence electrons. The normalized spacial score (nSPS) is 24.2. The summed E-state index contributed by atoms with van der Waals surface area (Å²) in [5, 5.41) is 0. The third kappa shape index (κ3) is 2.59. The number of rotatable bonds is 5. The minimum Gasteiger partial charge on any atom is -0.380 e. The molecule has 3 aliphatic heterocycles. The fourth-order valence-electron chi connectivity index (χ4n) is 4.01. The number of likely N-dealkylation sites (N-methyl/N-ethyl adjacent to an activating group) is 1. The van der Waals surface area contributed by atoms with E-state index in [9.17, 15) is 9.59 Å². The Balaban J connectivity index is 1.69. The summed E-state index contributed by atoms with van der Waals surface area (Å²) in [6.07, 6.45) is -0.535. The number of fused-ring (bicyclic) bond motifs is 3. The average molecular weight is 383 g/mol. The molecule has 2 unspecified atom stereocenters. The summed E-state index contributed by atoms with van der Waals surface area (Å²) < 4.78 is 5.35. The maximum absolute atomic E-state index is 13.3. The van der Waals surface area contributed by atoms with Gasteiger partial charge in [0.1, 0.15) is 0 Å². The number of urea groups is 1. The van der Waals surface area contributed by atoms with E-state index in [1.54, 1.807) is 11.9 Å². The van der Waals surface area contributed by atoms with Crippen LogP contribution in [0.15, 0.2) is 46.7 Å². The van der Waals surface area contributed by atoms with Crippen molar-refractivity contribution in [2.75, 3.05) is 31.7 Å². The van der Waals surface area contributed by atoms with Crippen molar-refractivity contribution < 1.29 is 14.3 Å². The smallest absolute Gasteiger partial charge is 0.328 e. The molecule has 3 amide bonds. The van der Waals surface area contributed by atoms with Gasteiger partial charge in [0.2, 0.25) is 5.96 Å². The van der Waals surface area contributed by atoms with Gasteiger partial charge in [-0.3, -0.25) is 19.5 Å². The van der Waals surface area contributed by atoms with Gasteiger partial charge < -0.3 is 9.64 Å². The molecular weight excluding hydrogens is 358 g/mol. The van der Waals surface area contributed by atoms with E-state index in [1.807, 2.05) is 60.9 Å². The zero-order chi connectivity index (χ0) is 20.0. The van der Waals surface area contributed by atoms with Gasteiger partial charge in [-0.25, -0.2) is 9.79 Å². The van der Waals surface area contributed by atoms with Crippen LogP contribution < -0.4 is 4.90 Å². The molecule has 0 saturated carbocycles. The first-order valence-electron chi connectivity index (χ1n) is 9.53. The van der Waals surface area contributed by atoms with E-state index in [1.165, 1.54) is 4.90 Å². The van der Waals surface area contributed by atoms with Crippen molar-refractivity contribution in [2.45, 2.75) is 33.0 Å². The van der Waals surface area contributed by atoms with Crippen molar-refractivity contribution in [1.29, 1.82) is 0 Å². The highest BCUT2D eigenvalue weighted by Crippen LogP contribution is 2.39. The standard InChI is InChI=1S/C20H25N5O3/c1-5-28-12-11-23-18(26)16-17(22(4)20(23)27)21-19-24(13(2)14(3)25(16)19)15-9-7-6-8-10-15/h6-10,16-17H,5,11-12H2,1-4H3. The molecule has 1 saturated heterocycles. The highest BCUT2D eigenvalue weighted by molar-refractivity contribution is 6.10. The number of anilines is 1. The van der Waals surface area contributed by atoms with E-state index in [0.717, 1.165) is 17.1 Å². The fourth-order valence-corrected chi connectivity index (χ4v) is 4.01. The second kappa shape index (κ2) is 6.94. The van der Waals surface area contributed by atoms with Gasteiger partial charge in [-0.15, -0.1) is 0 Å². The molecule has 1 fully saturated rings. The van der Waals surface area contributed by atoms with E-state index in [4.69, 9.17) is 9.73 Å². The van der Waals surface area contributed by atoms with Crippen LogP contribution in [0.4, 0.5) is 10.5 Å². The summed E-state index contributed by atoms with van der Waals surface area (Å²) in [6.45, 7) is 7.02. The second-order valence-electron chi connectivity index (χ2n) is 7.08. The van der Waals surface area contributed by atoms with Crippen molar-refractivity contribution in [3.63, 3.8) is 0 Å². The summed E-state index contributed by atoms with van der Waals surface area (Å²) in [6, 6.07) is 9.04. The van der Waals surface area contributed by atoms with E-state index >= 15 is 0 Å². The maximum Gasteiger partial charge on any atom is 0.328 e. The van der Waals surface area contributed by atoms with Gasteiger partial charge >= 0.3 is 6.03 Å². The Morgan fingerprint density at radius 1 is 1.11 bits per heavy atom. The largest absolute Gasteiger partial charge is 0.380 e. The molecule has 1 aromatic rings. The summed E-state index contributed by atoms with van der Waals surface area (Å²) in [5.41, 5.74) is 2.97. The number of ether oxygens (including phenoxy) is 1. The first-order chi connectivity index (χ1) is 13.5. The number of hydrogen-bond acceptors (Lipinski definition) is 6. The number of amides is 3. The Bertz CT molecular complexity index is 866. The van der Waals surface area contributed by atoms with Crippen LogP contribution in [-0.2, 0) is 9.53 Å². The number of benzene rings is 1. The Kier molecular flexibility index (Phi) is 4.58. The molecule has 28 heavy (non-hydrogen) atoms. The molecular formula is C20H25N5O3. The summed E-state index contributed by atoms with van der Waals surface area (Å²) >= 11 is 0. The van der Waals surface area contributed by atoms with Crippen LogP contribution in [0.3, 0.4) is 0 Å². The molecule has 2 atom stereocenters. The van der Waals surface area contributed by atoms with E-state index in [2.05, 4.69) is 0 Å². The van der Waals surface area contributed by atoms with Crippen LogP contribution in [-0.4, -0.2) is 71.6 Å². The Labute approximate surface area is 164 Å². The molecule has 3 heterocycles. The molecule has 0 spiro atoms. The highest BCUT2D eigenvalue weighted by Gasteiger charge is 2.55. The third-order valence-electron chi connectivity index (χ3n) is 5.57. The van der Waals surface area contributed by atoms with Crippen molar-refractivity contribution in [1.82, 2.24) is 14.7 Å². The maximum atomic E-state index is 13.3. The number of carbonyl (C=O) groups excluding carboxylic acids is 2.